The van der Waals surface area contributed by atoms with Crippen molar-refractivity contribution in [2.45, 2.75) is 45.1 Å². The van der Waals surface area contributed by atoms with Gasteiger partial charge in [-0.1, -0.05) is 13.0 Å². The standard InChI is InChI=1S/C15H21NO2/c1-3-15(17)16-13-6-4-5-11-7-8-14(18-2)10-12(11)9-13/h7-8,10,13H,3-6,9H2,1-2H3,(H,16,17). The van der Waals surface area contributed by atoms with E-state index in [-0.39, 0.29) is 11.9 Å². The predicted molar refractivity (Wildman–Crippen MR) is 71.9 cm³/mol. The molecule has 0 fully saturated rings. The van der Waals surface area contributed by atoms with Crippen molar-refractivity contribution in [1.29, 1.82) is 0 Å². The van der Waals surface area contributed by atoms with E-state index in [4.69, 9.17) is 4.74 Å². The molecule has 3 heteroatoms. The second-order valence-corrected chi connectivity index (χ2v) is 4.85. The largest absolute Gasteiger partial charge is 0.497 e. The van der Waals surface area contributed by atoms with Gasteiger partial charge in [0.1, 0.15) is 5.75 Å². The SMILES string of the molecule is CCC(=O)NC1CCCc2ccc(OC)cc2C1. The molecule has 18 heavy (non-hydrogen) atoms. The van der Waals surface area contributed by atoms with E-state index in [9.17, 15) is 4.79 Å². The first-order valence-corrected chi connectivity index (χ1v) is 6.68. The maximum Gasteiger partial charge on any atom is 0.219 e. The molecule has 1 atom stereocenters. The maximum absolute atomic E-state index is 11.5. The van der Waals surface area contributed by atoms with Crippen LogP contribution >= 0.6 is 0 Å². The summed E-state index contributed by atoms with van der Waals surface area (Å²) in [5.74, 6) is 1.04. The molecule has 1 aliphatic carbocycles. The summed E-state index contributed by atoms with van der Waals surface area (Å²) in [4.78, 5) is 11.5. The molecule has 0 heterocycles. The van der Waals surface area contributed by atoms with E-state index in [1.165, 1.54) is 11.1 Å². The molecule has 0 saturated carbocycles. The molecule has 1 aromatic carbocycles. The fourth-order valence-electron chi connectivity index (χ4n) is 2.52. The number of hydrogen-bond donors (Lipinski definition) is 1. The Bertz CT molecular complexity index is 429. The first-order chi connectivity index (χ1) is 8.72. The highest BCUT2D eigenvalue weighted by Gasteiger charge is 2.18. The molecule has 0 radical (unpaired) electrons. The van der Waals surface area contributed by atoms with Gasteiger partial charge in [-0.05, 0) is 48.9 Å². The molecular formula is C15H21NO2. The lowest BCUT2D eigenvalue weighted by atomic mass is 10.0. The van der Waals surface area contributed by atoms with Crippen LogP contribution in [-0.4, -0.2) is 19.1 Å². The Morgan fingerprint density at radius 1 is 1.44 bits per heavy atom. The number of fused-ring (bicyclic) bond motifs is 1. The molecule has 1 amide bonds. The van der Waals surface area contributed by atoms with Gasteiger partial charge in [-0.2, -0.15) is 0 Å². The maximum atomic E-state index is 11.5. The summed E-state index contributed by atoms with van der Waals surface area (Å²) in [5.41, 5.74) is 2.71. The van der Waals surface area contributed by atoms with Crippen LogP contribution in [0.1, 0.15) is 37.3 Å². The van der Waals surface area contributed by atoms with Crippen LogP contribution in [0.4, 0.5) is 0 Å². The Morgan fingerprint density at radius 3 is 3.00 bits per heavy atom. The number of carbonyl (C=O) groups is 1. The number of rotatable bonds is 3. The van der Waals surface area contributed by atoms with Crippen molar-refractivity contribution in [1.82, 2.24) is 5.32 Å². The van der Waals surface area contributed by atoms with Crippen molar-refractivity contribution >= 4 is 5.91 Å². The lowest BCUT2D eigenvalue weighted by Crippen LogP contribution is -2.35. The third-order valence-electron chi connectivity index (χ3n) is 3.56. The van der Waals surface area contributed by atoms with Crippen LogP contribution in [0.3, 0.4) is 0 Å². The number of nitrogens with one attached hydrogen (secondary N) is 1. The van der Waals surface area contributed by atoms with E-state index in [0.29, 0.717) is 6.42 Å². The fourth-order valence-corrected chi connectivity index (χ4v) is 2.52. The van der Waals surface area contributed by atoms with Gasteiger partial charge < -0.3 is 10.1 Å². The van der Waals surface area contributed by atoms with Gasteiger partial charge in [0.25, 0.3) is 0 Å². The zero-order valence-electron chi connectivity index (χ0n) is 11.2. The minimum absolute atomic E-state index is 0.145. The fraction of sp³-hybridized carbons (Fsp3) is 0.533. The number of amides is 1. The highest BCUT2D eigenvalue weighted by Crippen LogP contribution is 2.25. The number of ether oxygens (including phenoxy) is 1. The Hall–Kier alpha value is -1.51. The summed E-state index contributed by atoms with van der Waals surface area (Å²) in [6.45, 7) is 1.89. The lowest BCUT2D eigenvalue weighted by Gasteiger charge is -2.16. The van der Waals surface area contributed by atoms with Crippen LogP contribution in [0.15, 0.2) is 18.2 Å². The van der Waals surface area contributed by atoms with E-state index in [0.717, 1.165) is 31.4 Å². The molecule has 98 valence electrons. The van der Waals surface area contributed by atoms with Crippen LogP contribution in [0, 0.1) is 0 Å². The Morgan fingerprint density at radius 2 is 2.28 bits per heavy atom. The second kappa shape index (κ2) is 5.89. The monoisotopic (exact) mass is 247 g/mol. The number of benzene rings is 1. The van der Waals surface area contributed by atoms with Crippen LogP contribution in [0.5, 0.6) is 5.75 Å². The molecule has 3 nitrogen and oxygen atoms in total. The normalized spacial score (nSPS) is 18.7. The van der Waals surface area contributed by atoms with Crippen LogP contribution in [0.2, 0.25) is 0 Å². The minimum atomic E-state index is 0.145. The molecule has 0 aromatic heterocycles. The lowest BCUT2D eigenvalue weighted by molar-refractivity contribution is -0.121. The number of hydrogen-bond acceptors (Lipinski definition) is 2. The smallest absolute Gasteiger partial charge is 0.219 e. The highest BCUT2D eigenvalue weighted by atomic mass is 16.5. The molecule has 2 rings (SSSR count). The third-order valence-corrected chi connectivity index (χ3v) is 3.56. The van der Waals surface area contributed by atoms with Gasteiger partial charge in [0, 0.05) is 12.5 Å². The van der Waals surface area contributed by atoms with E-state index in [1.807, 2.05) is 13.0 Å². The van der Waals surface area contributed by atoms with Crippen molar-refractivity contribution < 1.29 is 9.53 Å². The first-order valence-electron chi connectivity index (χ1n) is 6.68. The van der Waals surface area contributed by atoms with Crippen molar-refractivity contribution in [2.24, 2.45) is 0 Å². The Balaban J connectivity index is 2.14. The number of aryl methyl sites for hydroxylation is 1. The van der Waals surface area contributed by atoms with Crippen molar-refractivity contribution in [3.05, 3.63) is 29.3 Å². The van der Waals surface area contributed by atoms with Gasteiger partial charge in [-0.15, -0.1) is 0 Å². The topological polar surface area (TPSA) is 38.3 Å². The van der Waals surface area contributed by atoms with Gasteiger partial charge in [0.15, 0.2) is 0 Å². The first kappa shape index (κ1) is 12.9. The predicted octanol–water partition coefficient (Wildman–Crippen LogP) is 2.47. The van der Waals surface area contributed by atoms with Crippen molar-refractivity contribution in [3.8, 4) is 5.75 Å². The van der Waals surface area contributed by atoms with Crippen LogP contribution < -0.4 is 10.1 Å². The van der Waals surface area contributed by atoms with E-state index >= 15 is 0 Å². The summed E-state index contributed by atoms with van der Waals surface area (Å²) < 4.78 is 5.27. The van der Waals surface area contributed by atoms with E-state index in [1.54, 1.807) is 7.11 Å². The van der Waals surface area contributed by atoms with E-state index < -0.39 is 0 Å². The average Bonchev–Trinajstić information content (AvgIpc) is 2.59. The third kappa shape index (κ3) is 3.03. The summed E-state index contributed by atoms with van der Waals surface area (Å²) in [6.07, 6.45) is 4.76. The van der Waals surface area contributed by atoms with Gasteiger partial charge in [-0.3, -0.25) is 4.79 Å². The zero-order valence-corrected chi connectivity index (χ0v) is 11.2. The van der Waals surface area contributed by atoms with E-state index in [2.05, 4.69) is 17.4 Å². The molecule has 1 aliphatic rings. The number of carbonyl (C=O) groups excluding carboxylic acids is 1. The van der Waals surface area contributed by atoms with Gasteiger partial charge in [0.05, 0.1) is 7.11 Å². The molecular weight excluding hydrogens is 226 g/mol. The van der Waals surface area contributed by atoms with Crippen LogP contribution in [-0.2, 0) is 17.6 Å². The quantitative estimate of drug-likeness (QED) is 0.833. The Labute approximate surface area is 109 Å². The van der Waals surface area contributed by atoms with Gasteiger partial charge in [0.2, 0.25) is 5.91 Å². The summed E-state index contributed by atoms with van der Waals surface area (Å²) in [5, 5.41) is 3.11. The molecule has 1 unspecified atom stereocenters. The average molecular weight is 247 g/mol. The van der Waals surface area contributed by atoms with Gasteiger partial charge >= 0.3 is 0 Å². The summed E-state index contributed by atoms with van der Waals surface area (Å²) >= 11 is 0. The molecule has 0 bridgehead atoms. The summed E-state index contributed by atoms with van der Waals surface area (Å²) in [7, 11) is 1.69. The minimum Gasteiger partial charge on any atom is -0.497 e. The zero-order chi connectivity index (χ0) is 13.0. The second-order valence-electron chi connectivity index (χ2n) is 4.85. The molecule has 0 aliphatic heterocycles. The van der Waals surface area contributed by atoms with Crippen molar-refractivity contribution in [3.63, 3.8) is 0 Å². The van der Waals surface area contributed by atoms with Crippen molar-refractivity contribution in [2.75, 3.05) is 7.11 Å². The van der Waals surface area contributed by atoms with Gasteiger partial charge in [-0.25, -0.2) is 0 Å². The molecule has 1 aromatic rings. The Kier molecular flexibility index (Phi) is 4.24. The highest BCUT2D eigenvalue weighted by molar-refractivity contribution is 5.75. The molecule has 1 N–H and O–H groups in total. The number of methoxy groups -OCH3 is 1. The van der Waals surface area contributed by atoms with Crippen LogP contribution in [0.25, 0.3) is 0 Å². The molecule has 0 spiro atoms. The molecule has 0 saturated heterocycles. The summed E-state index contributed by atoms with van der Waals surface area (Å²) in [6, 6.07) is 6.54.